The minimum absolute atomic E-state index is 0.0767. The molecule has 2 heterocycles. The van der Waals surface area contributed by atoms with E-state index in [1.54, 1.807) is 36.5 Å². The predicted molar refractivity (Wildman–Crippen MR) is 121 cm³/mol. The van der Waals surface area contributed by atoms with Crippen LogP contribution in [0.25, 0.3) is 0 Å². The van der Waals surface area contributed by atoms with E-state index in [1.807, 2.05) is 26.8 Å². The van der Waals surface area contributed by atoms with E-state index in [2.05, 4.69) is 20.5 Å². The Morgan fingerprint density at radius 3 is 2.70 bits per heavy atom. The van der Waals surface area contributed by atoms with Crippen LogP contribution < -0.4 is 15.5 Å². The molecule has 0 bridgehead atoms. The van der Waals surface area contributed by atoms with Gasteiger partial charge >= 0.3 is 0 Å². The van der Waals surface area contributed by atoms with E-state index in [0.29, 0.717) is 28.7 Å². The first kappa shape index (κ1) is 22.1. The van der Waals surface area contributed by atoms with Gasteiger partial charge in [-0.05, 0) is 49.1 Å². The summed E-state index contributed by atoms with van der Waals surface area (Å²) < 4.78 is 0. The number of nitrogens with one attached hydrogen (secondary N) is 2. The second-order valence-electron chi connectivity index (χ2n) is 8.78. The maximum Gasteiger partial charge on any atom is 0.257 e. The second-order valence-corrected chi connectivity index (χ2v) is 9.22. The van der Waals surface area contributed by atoms with Crippen molar-refractivity contribution in [3.8, 4) is 0 Å². The predicted octanol–water partition coefficient (Wildman–Crippen LogP) is 4.37. The van der Waals surface area contributed by atoms with Crippen molar-refractivity contribution < 1.29 is 9.59 Å². The molecule has 0 spiro atoms. The number of hydrogen-bond donors (Lipinski definition) is 2. The van der Waals surface area contributed by atoms with Gasteiger partial charge in [-0.3, -0.25) is 9.59 Å². The number of nitrogens with zero attached hydrogens (tertiary/aromatic N) is 2. The van der Waals surface area contributed by atoms with E-state index in [4.69, 9.17) is 11.6 Å². The molecule has 1 aromatic heterocycles. The zero-order chi connectivity index (χ0) is 21.7. The minimum atomic E-state index is -0.378. The number of hydrogen-bond acceptors (Lipinski definition) is 4. The Balaban J connectivity index is 1.57. The van der Waals surface area contributed by atoms with Crippen LogP contribution >= 0.6 is 11.6 Å². The van der Waals surface area contributed by atoms with Gasteiger partial charge in [0.2, 0.25) is 5.91 Å². The normalized spacial score (nSPS) is 16.8. The van der Waals surface area contributed by atoms with Crippen molar-refractivity contribution in [2.45, 2.75) is 33.6 Å². The molecule has 2 N–H and O–H groups in total. The van der Waals surface area contributed by atoms with Crippen LogP contribution in [0.1, 0.15) is 44.0 Å². The standard InChI is InChI=1S/C23H29ClN4O2/c1-23(2,3)22(30)26-13-16-6-5-11-28(15-16)20-10-9-17(14-25-20)21(29)27-19-8-4-7-18(24)12-19/h4,7-10,12,14,16H,5-6,11,13,15H2,1-3H3,(H,26,30)(H,27,29). The van der Waals surface area contributed by atoms with E-state index < -0.39 is 0 Å². The van der Waals surface area contributed by atoms with Crippen LogP contribution in [-0.4, -0.2) is 36.4 Å². The lowest BCUT2D eigenvalue weighted by Gasteiger charge is -2.34. The molecule has 0 saturated carbocycles. The van der Waals surface area contributed by atoms with Crippen LogP contribution in [0, 0.1) is 11.3 Å². The highest BCUT2D eigenvalue weighted by molar-refractivity contribution is 6.30. The van der Waals surface area contributed by atoms with Crippen molar-refractivity contribution in [2.75, 3.05) is 29.9 Å². The van der Waals surface area contributed by atoms with Gasteiger partial charge in [-0.1, -0.05) is 38.4 Å². The fraction of sp³-hybridized carbons (Fsp3) is 0.435. The van der Waals surface area contributed by atoms with Gasteiger partial charge in [0.05, 0.1) is 5.56 Å². The number of amides is 2. The Hall–Kier alpha value is -2.60. The summed E-state index contributed by atoms with van der Waals surface area (Å²) in [6.45, 7) is 8.19. The number of anilines is 2. The lowest BCUT2D eigenvalue weighted by Crippen LogP contribution is -2.43. The topological polar surface area (TPSA) is 74.3 Å². The number of rotatable bonds is 5. The van der Waals surface area contributed by atoms with Crippen molar-refractivity contribution in [3.05, 3.63) is 53.2 Å². The molecule has 0 radical (unpaired) electrons. The van der Waals surface area contributed by atoms with Crippen LogP contribution in [0.4, 0.5) is 11.5 Å². The van der Waals surface area contributed by atoms with Gasteiger partial charge in [0.25, 0.3) is 5.91 Å². The molecule has 6 nitrogen and oxygen atoms in total. The SMILES string of the molecule is CC(C)(C)C(=O)NCC1CCCN(c2ccc(C(=O)Nc3cccc(Cl)c3)cn2)C1. The summed E-state index contributed by atoms with van der Waals surface area (Å²) in [5.41, 5.74) is 0.759. The molecule has 30 heavy (non-hydrogen) atoms. The van der Waals surface area contributed by atoms with Gasteiger partial charge in [0.15, 0.2) is 0 Å². The first-order valence-electron chi connectivity index (χ1n) is 10.3. The molecule has 160 valence electrons. The summed E-state index contributed by atoms with van der Waals surface area (Å²) in [5.74, 6) is 1.09. The summed E-state index contributed by atoms with van der Waals surface area (Å²) in [4.78, 5) is 31.3. The lowest BCUT2D eigenvalue weighted by atomic mass is 9.94. The molecule has 1 unspecified atom stereocenters. The second kappa shape index (κ2) is 9.47. The van der Waals surface area contributed by atoms with Crippen molar-refractivity contribution in [3.63, 3.8) is 0 Å². The zero-order valence-electron chi connectivity index (χ0n) is 17.7. The van der Waals surface area contributed by atoms with Gasteiger partial charge in [0.1, 0.15) is 5.82 Å². The van der Waals surface area contributed by atoms with Crippen LogP contribution in [-0.2, 0) is 4.79 Å². The van der Waals surface area contributed by atoms with Gasteiger partial charge in [-0.15, -0.1) is 0 Å². The monoisotopic (exact) mass is 428 g/mol. The zero-order valence-corrected chi connectivity index (χ0v) is 18.5. The fourth-order valence-electron chi connectivity index (χ4n) is 3.42. The molecule has 7 heteroatoms. The third-order valence-electron chi connectivity index (χ3n) is 5.17. The Kier molecular flexibility index (Phi) is 6.98. The Morgan fingerprint density at radius 2 is 2.03 bits per heavy atom. The molecule has 2 amide bonds. The number of carbonyl (C=O) groups is 2. The Morgan fingerprint density at radius 1 is 1.23 bits per heavy atom. The summed E-state index contributed by atoms with van der Waals surface area (Å²) >= 11 is 5.96. The minimum Gasteiger partial charge on any atom is -0.356 e. The molecule has 1 atom stereocenters. The Labute approximate surface area is 183 Å². The summed E-state index contributed by atoms with van der Waals surface area (Å²) in [6.07, 6.45) is 3.73. The highest BCUT2D eigenvalue weighted by Gasteiger charge is 2.25. The van der Waals surface area contributed by atoms with Crippen LogP contribution in [0.5, 0.6) is 0 Å². The number of aromatic nitrogens is 1. The number of pyridine rings is 1. The molecule has 2 aromatic rings. The van der Waals surface area contributed by atoms with E-state index in [-0.39, 0.29) is 17.2 Å². The molecule has 1 aliphatic heterocycles. The van der Waals surface area contributed by atoms with Gasteiger partial charge < -0.3 is 15.5 Å². The third-order valence-corrected chi connectivity index (χ3v) is 5.40. The quantitative estimate of drug-likeness (QED) is 0.741. The third kappa shape index (κ3) is 5.95. The van der Waals surface area contributed by atoms with Crippen molar-refractivity contribution >= 4 is 34.9 Å². The smallest absolute Gasteiger partial charge is 0.257 e. The molecule has 1 fully saturated rings. The van der Waals surface area contributed by atoms with Gasteiger partial charge in [-0.25, -0.2) is 4.98 Å². The largest absolute Gasteiger partial charge is 0.356 e. The molecular weight excluding hydrogens is 400 g/mol. The first-order valence-corrected chi connectivity index (χ1v) is 10.7. The summed E-state index contributed by atoms with van der Waals surface area (Å²) in [7, 11) is 0. The average molecular weight is 429 g/mol. The molecule has 1 saturated heterocycles. The summed E-state index contributed by atoms with van der Waals surface area (Å²) in [6, 6.07) is 10.7. The van der Waals surface area contributed by atoms with Gasteiger partial charge in [-0.2, -0.15) is 0 Å². The average Bonchev–Trinajstić information content (AvgIpc) is 2.71. The van der Waals surface area contributed by atoms with Crippen LogP contribution in [0.15, 0.2) is 42.6 Å². The van der Waals surface area contributed by atoms with E-state index in [9.17, 15) is 9.59 Å². The Bertz CT molecular complexity index is 893. The summed E-state index contributed by atoms with van der Waals surface area (Å²) in [5, 5.41) is 6.46. The molecule has 3 rings (SSSR count). The lowest BCUT2D eigenvalue weighted by molar-refractivity contribution is -0.128. The number of piperidine rings is 1. The van der Waals surface area contributed by atoms with Crippen molar-refractivity contribution in [2.24, 2.45) is 11.3 Å². The first-order chi connectivity index (χ1) is 14.2. The maximum atomic E-state index is 12.4. The van der Waals surface area contributed by atoms with E-state index in [1.165, 1.54) is 0 Å². The van der Waals surface area contributed by atoms with E-state index >= 15 is 0 Å². The maximum absolute atomic E-state index is 12.4. The molecule has 1 aromatic carbocycles. The van der Waals surface area contributed by atoms with Crippen LogP contribution in [0.3, 0.4) is 0 Å². The van der Waals surface area contributed by atoms with Crippen molar-refractivity contribution in [1.29, 1.82) is 0 Å². The van der Waals surface area contributed by atoms with Crippen LogP contribution in [0.2, 0.25) is 5.02 Å². The number of halogens is 1. The van der Waals surface area contributed by atoms with Crippen molar-refractivity contribution in [1.82, 2.24) is 10.3 Å². The van der Waals surface area contributed by atoms with Gasteiger partial charge in [0, 0.05) is 42.0 Å². The van der Waals surface area contributed by atoms with E-state index in [0.717, 1.165) is 31.7 Å². The highest BCUT2D eigenvalue weighted by atomic mass is 35.5. The molecule has 1 aliphatic rings. The molecule has 0 aliphatic carbocycles. The number of carbonyl (C=O) groups excluding carboxylic acids is 2. The highest BCUT2D eigenvalue weighted by Crippen LogP contribution is 2.22. The number of benzene rings is 1. The fourth-order valence-corrected chi connectivity index (χ4v) is 3.61. The molecular formula is C23H29ClN4O2.